The zero-order valence-electron chi connectivity index (χ0n) is 12.1. The molecule has 0 saturated carbocycles. The van der Waals surface area contributed by atoms with Crippen LogP contribution in [-0.2, 0) is 9.59 Å². The molecular formula is C14H23ClN2O3. The molecule has 0 bridgehead atoms. The average molecular weight is 303 g/mol. The Morgan fingerprint density at radius 1 is 1.50 bits per heavy atom. The maximum absolute atomic E-state index is 11.4. The minimum Gasteiger partial charge on any atom is -0.480 e. The van der Waals surface area contributed by atoms with Crippen LogP contribution < -0.4 is 10.6 Å². The van der Waals surface area contributed by atoms with Crippen LogP contribution in [0.3, 0.4) is 0 Å². The van der Waals surface area contributed by atoms with Gasteiger partial charge in [0.25, 0.3) is 0 Å². The molecule has 1 rings (SSSR count). The van der Waals surface area contributed by atoms with Gasteiger partial charge in [-0.05, 0) is 24.7 Å². The Hall–Kier alpha value is -1.07. The van der Waals surface area contributed by atoms with E-state index in [1.807, 2.05) is 0 Å². The van der Waals surface area contributed by atoms with Gasteiger partial charge >= 0.3 is 5.97 Å². The van der Waals surface area contributed by atoms with Crippen molar-refractivity contribution in [1.29, 1.82) is 0 Å². The lowest BCUT2D eigenvalue weighted by atomic mass is 9.89. The van der Waals surface area contributed by atoms with E-state index in [4.69, 9.17) is 16.7 Å². The van der Waals surface area contributed by atoms with E-state index < -0.39 is 12.0 Å². The summed E-state index contributed by atoms with van der Waals surface area (Å²) in [6, 6.07) is -0.812. The Balaban J connectivity index is 2.89. The molecule has 5 nitrogen and oxygen atoms in total. The molecular weight excluding hydrogens is 280 g/mol. The van der Waals surface area contributed by atoms with Gasteiger partial charge in [-0.3, -0.25) is 14.9 Å². The Labute approximate surface area is 124 Å². The summed E-state index contributed by atoms with van der Waals surface area (Å²) in [5.74, 6) is -0.571. The molecule has 0 radical (unpaired) electrons. The van der Waals surface area contributed by atoms with E-state index in [1.54, 1.807) is 6.08 Å². The summed E-state index contributed by atoms with van der Waals surface area (Å²) in [5.41, 5.74) is 1.42. The molecule has 20 heavy (non-hydrogen) atoms. The maximum Gasteiger partial charge on any atom is 0.320 e. The van der Waals surface area contributed by atoms with Crippen LogP contribution in [0.15, 0.2) is 11.6 Å². The molecule has 1 amide bonds. The second-order valence-electron chi connectivity index (χ2n) is 5.74. The molecule has 1 heterocycles. The van der Waals surface area contributed by atoms with E-state index in [9.17, 15) is 9.59 Å². The van der Waals surface area contributed by atoms with E-state index in [0.29, 0.717) is 12.3 Å². The fraction of sp³-hybridized carbons (Fsp3) is 0.714. The van der Waals surface area contributed by atoms with Gasteiger partial charge in [0.15, 0.2) is 0 Å². The van der Waals surface area contributed by atoms with Crippen molar-refractivity contribution in [1.82, 2.24) is 10.6 Å². The minimum absolute atomic E-state index is 0.00389. The molecule has 6 heteroatoms. The molecule has 4 atom stereocenters. The standard InChI is InChI=1S/C14H23ClN2O3/c1-8(2)6-11(16-9(3)18)13-10(4-5-15)7-12(17-13)14(19)20/h4-5,8,10-13,17H,6-7H2,1-3H3,(H,16,18)(H,19,20)/t10-,11+,12-,13-/m1/s1. The van der Waals surface area contributed by atoms with Crippen molar-refractivity contribution in [2.24, 2.45) is 11.8 Å². The number of hydrogen-bond acceptors (Lipinski definition) is 3. The normalized spacial score (nSPS) is 27.9. The SMILES string of the molecule is CC(=O)N[C@@H](CC(C)C)[C@@H]1N[C@@H](C(=O)O)C[C@H]1C=CCl. The highest BCUT2D eigenvalue weighted by Crippen LogP contribution is 2.27. The molecule has 0 aromatic rings. The van der Waals surface area contributed by atoms with Crippen LogP contribution in [0.2, 0.25) is 0 Å². The van der Waals surface area contributed by atoms with Gasteiger partial charge in [0.1, 0.15) is 6.04 Å². The van der Waals surface area contributed by atoms with Crippen LogP contribution >= 0.6 is 11.6 Å². The molecule has 1 fully saturated rings. The molecule has 1 aliphatic heterocycles. The molecule has 114 valence electrons. The van der Waals surface area contributed by atoms with E-state index in [0.717, 1.165) is 6.42 Å². The first-order valence-electron chi connectivity index (χ1n) is 6.88. The number of carbonyl (C=O) groups is 2. The van der Waals surface area contributed by atoms with Crippen LogP contribution in [0, 0.1) is 11.8 Å². The van der Waals surface area contributed by atoms with Crippen molar-refractivity contribution in [2.75, 3.05) is 0 Å². The van der Waals surface area contributed by atoms with E-state index in [-0.39, 0.29) is 23.9 Å². The van der Waals surface area contributed by atoms with Crippen molar-refractivity contribution in [3.05, 3.63) is 11.6 Å². The minimum atomic E-state index is -0.869. The predicted octanol–water partition coefficient (Wildman–Crippen LogP) is 1.72. The first-order valence-corrected chi connectivity index (χ1v) is 7.31. The largest absolute Gasteiger partial charge is 0.480 e. The van der Waals surface area contributed by atoms with Crippen LogP contribution in [0.1, 0.15) is 33.6 Å². The number of hydrogen-bond donors (Lipinski definition) is 3. The number of halogens is 1. The summed E-state index contributed by atoms with van der Waals surface area (Å²) < 4.78 is 0. The summed E-state index contributed by atoms with van der Waals surface area (Å²) in [6.45, 7) is 5.62. The quantitative estimate of drug-likeness (QED) is 0.698. The second kappa shape index (κ2) is 7.64. The van der Waals surface area contributed by atoms with Gasteiger partial charge < -0.3 is 10.4 Å². The third-order valence-corrected chi connectivity index (χ3v) is 3.67. The smallest absolute Gasteiger partial charge is 0.320 e. The molecule has 0 aromatic carbocycles. The highest BCUT2D eigenvalue weighted by molar-refractivity contribution is 6.25. The van der Waals surface area contributed by atoms with Crippen LogP contribution in [0.5, 0.6) is 0 Å². The van der Waals surface area contributed by atoms with Gasteiger partial charge in [0.2, 0.25) is 5.91 Å². The summed E-state index contributed by atoms with van der Waals surface area (Å²) in [7, 11) is 0. The van der Waals surface area contributed by atoms with Gasteiger partial charge in [0.05, 0.1) is 0 Å². The first kappa shape index (κ1) is 17.0. The molecule has 0 spiro atoms. The van der Waals surface area contributed by atoms with Gasteiger partial charge in [-0.25, -0.2) is 0 Å². The van der Waals surface area contributed by atoms with Crippen molar-refractivity contribution >= 4 is 23.5 Å². The van der Waals surface area contributed by atoms with Crippen molar-refractivity contribution in [3.8, 4) is 0 Å². The number of rotatable bonds is 6. The monoisotopic (exact) mass is 302 g/mol. The summed E-state index contributed by atoms with van der Waals surface area (Å²) >= 11 is 5.65. The number of carboxylic acids is 1. The fourth-order valence-electron chi connectivity index (χ4n) is 2.79. The van der Waals surface area contributed by atoms with Crippen molar-refractivity contribution < 1.29 is 14.7 Å². The van der Waals surface area contributed by atoms with Gasteiger partial charge in [0, 0.05) is 24.5 Å². The summed E-state index contributed by atoms with van der Waals surface area (Å²) in [5, 5.41) is 15.2. The lowest BCUT2D eigenvalue weighted by molar-refractivity contribution is -0.139. The van der Waals surface area contributed by atoms with Crippen LogP contribution in [0.4, 0.5) is 0 Å². The second-order valence-corrected chi connectivity index (χ2v) is 5.99. The highest BCUT2D eigenvalue weighted by Gasteiger charge is 2.40. The Kier molecular flexibility index (Phi) is 6.49. The average Bonchev–Trinajstić information content (AvgIpc) is 2.71. The van der Waals surface area contributed by atoms with Crippen molar-refractivity contribution in [3.63, 3.8) is 0 Å². The zero-order chi connectivity index (χ0) is 15.3. The number of nitrogens with one attached hydrogen (secondary N) is 2. The Bertz CT molecular complexity index is 385. The lowest BCUT2D eigenvalue weighted by Crippen LogP contribution is -2.51. The number of carbonyl (C=O) groups excluding carboxylic acids is 1. The van der Waals surface area contributed by atoms with E-state index in [1.165, 1.54) is 12.5 Å². The summed E-state index contributed by atoms with van der Waals surface area (Å²) in [6.07, 6.45) is 3.07. The highest BCUT2D eigenvalue weighted by atomic mass is 35.5. The lowest BCUT2D eigenvalue weighted by Gasteiger charge is -2.29. The molecule has 0 aromatic heterocycles. The van der Waals surface area contributed by atoms with Gasteiger partial charge in [-0.2, -0.15) is 0 Å². The maximum atomic E-state index is 11.4. The van der Waals surface area contributed by atoms with E-state index >= 15 is 0 Å². The van der Waals surface area contributed by atoms with Crippen LogP contribution in [0.25, 0.3) is 0 Å². The molecule has 3 N–H and O–H groups in total. The zero-order valence-corrected chi connectivity index (χ0v) is 12.9. The topological polar surface area (TPSA) is 78.4 Å². The van der Waals surface area contributed by atoms with Crippen LogP contribution in [-0.4, -0.2) is 35.1 Å². The molecule has 0 unspecified atom stereocenters. The number of carboxylic acid groups (broad SMARTS) is 1. The third-order valence-electron chi connectivity index (χ3n) is 3.53. The molecule has 0 aliphatic carbocycles. The molecule has 1 saturated heterocycles. The fourth-order valence-corrected chi connectivity index (χ4v) is 2.97. The summed E-state index contributed by atoms with van der Waals surface area (Å²) in [4.78, 5) is 22.5. The first-order chi connectivity index (χ1) is 9.35. The Morgan fingerprint density at radius 2 is 2.15 bits per heavy atom. The Morgan fingerprint density at radius 3 is 2.60 bits per heavy atom. The molecule has 1 aliphatic rings. The van der Waals surface area contributed by atoms with Gasteiger partial charge in [-0.1, -0.05) is 31.5 Å². The van der Waals surface area contributed by atoms with Gasteiger partial charge in [-0.15, -0.1) is 0 Å². The van der Waals surface area contributed by atoms with E-state index in [2.05, 4.69) is 24.5 Å². The third kappa shape index (κ3) is 4.80. The van der Waals surface area contributed by atoms with Crippen molar-refractivity contribution in [2.45, 2.75) is 51.7 Å². The number of aliphatic carboxylic acids is 1. The number of amides is 1. The predicted molar refractivity (Wildman–Crippen MR) is 78.5 cm³/mol.